The lowest BCUT2D eigenvalue weighted by Crippen LogP contribution is -2.37. The SMILES string of the molecule is CCC(=O)c1ccc2nc(C(C)(C)C(F)(F)F)ccc2c1. The molecule has 0 aliphatic rings. The summed E-state index contributed by atoms with van der Waals surface area (Å²) in [7, 11) is 0. The Morgan fingerprint density at radius 3 is 2.38 bits per heavy atom. The fourth-order valence-electron chi connectivity index (χ4n) is 2.00. The van der Waals surface area contributed by atoms with Crippen molar-refractivity contribution in [1.29, 1.82) is 0 Å². The Labute approximate surface area is 121 Å². The van der Waals surface area contributed by atoms with Crippen LogP contribution in [0.15, 0.2) is 30.3 Å². The van der Waals surface area contributed by atoms with Gasteiger partial charge in [-0.2, -0.15) is 13.2 Å². The Balaban J connectivity index is 2.51. The Morgan fingerprint density at radius 2 is 1.81 bits per heavy atom. The first-order valence-corrected chi connectivity index (χ1v) is 6.68. The second-order valence-corrected chi connectivity index (χ2v) is 5.50. The van der Waals surface area contributed by atoms with Crippen molar-refractivity contribution in [2.45, 2.75) is 38.8 Å². The first-order chi connectivity index (χ1) is 9.66. The van der Waals surface area contributed by atoms with E-state index in [4.69, 9.17) is 0 Å². The fraction of sp³-hybridized carbons (Fsp3) is 0.375. The molecular weight excluding hydrogens is 279 g/mol. The van der Waals surface area contributed by atoms with Crippen LogP contribution in [0.4, 0.5) is 13.2 Å². The van der Waals surface area contributed by atoms with Crippen LogP contribution in [-0.2, 0) is 5.41 Å². The van der Waals surface area contributed by atoms with Crippen molar-refractivity contribution in [1.82, 2.24) is 4.98 Å². The molecule has 0 saturated carbocycles. The van der Waals surface area contributed by atoms with Crippen LogP contribution >= 0.6 is 0 Å². The molecule has 0 spiro atoms. The Morgan fingerprint density at radius 1 is 1.14 bits per heavy atom. The van der Waals surface area contributed by atoms with E-state index in [1.54, 1.807) is 31.2 Å². The van der Waals surface area contributed by atoms with Crippen molar-refractivity contribution in [3.8, 4) is 0 Å². The van der Waals surface area contributed by atoms with Crippen molar-refractivity contribution < 1.29 is 18.0 Å². The van der Waals surface area contributed by atoms with Crippen LogP contribution < -0.4 is 0 Å². The summed E-state index contributed by atoms with van der Waals surface area (Å²) in [5.41, 5.74) is -1.04. The quantitative estimate of drug-likeness (QED) is 0.770. The molecule has 0 fully saturated rings. The minimum absolute atomic E-state index is 0.00315. The number of fused-ring (bicyclic) bond motifs is 1. The maximum absolute atomic E-state index is 13.1. The molecule has 0 aliphatic carbocycles. The smallest absolute Gasteiger partial charge is 0.294 e. The first kappa shape index (κ1) is 15.5. The van der Waals surface area contributed by atoms with E-state index in [2.05, 4.69) is 4.98 Å². The summed E-state index contributed by atoms with van der Waals surface area (Å²) in [6, 6.07) is 7.81. The lowest BCUT2D eigenvalue weighted by Gasteiger charge is -2.27. The number of benzene rings is 1. The number of hydrogen-bond acceptors (Lipinski definition) is 2. The highest BCUT2D eigenvalue weighted by Crippen LogP contribution is 2.39. The monoisotopic (exact) mass is 295 g/mol. The third-order valence-electron chi connectivity index (χ3n) is 3.68. The van der Waals surface area contributed by atoms with E-state index in [-0.39, 0.29) is 11.5 Å². The largest absolute Gasteiger partial charge is 0.399 e. The van der Waals surface area contributed by atoms with Crippen molar-refractivity contribution in [3.63, 3.8) is 0 Å². The van der Waals surface area contributed by atoms with Crippen LogP contribution in [0.1, 0.15) is 43.2 Å². The average Bonchev–Trinajstić information content (AvgIpc) is 2.44. The molecule has 0 N–H and O–H groups in total. The van der Waals surface area contributed by atoms with Crippen molar-refractivity contribution >= 4 is 16.7 Å². The molecule has 0 saturated heterocycles. The summed E-state index contributed by atoms with van der Waals surface area (Å²) >= 11 is 0. The summed E-state index contributed by atoms with van der Waals surface area (Å²) in [6.07, 6.45) is -3.98. The molecule has 5 heteroatoms. The van der Waals surface area contributed by atoms with Gasteiger partial charge in [0.05, 0.1) is 11.2 Å². The molecule has 1 aromatic carbocycles. The number of pyridine rings is 1. The topological polar surface area (TPSA) is 30.0 Å². The van der Waals surface area contributed by atoms with Gasteiger partial charge in [-0.05, 0) is 38.1 Å². The molecular formula is C16H16F3NO. The fourth-order valence-corrected chi connectivity index (χ4v) is 2.00. The predicted molar refractivity (Wildman–Crippen MR) is 75.4 cm³/mol. The molecule has 0 unspecified atom stereocenters. The van der Waals surface area contributed by atoms with Gasteiger partial charge in [0.2, 0.25) is 0 Å². The number of aromatic nitrogens is 1. The second-order valence-electron chi connectivity index (χ2n) is 5.50. The van der Waals surface area contributed by atoms with Gasteiger partial charge in [0.15, 0.2) is 5.78 Å². The van der Waals surface area contributed by atoms with Crippen molar-refractivity contribution in [2.75, 3.05) is 0 Å². The molecule has 0 aliphatic heterocycles. The van der Waals surface area contributed by atoms with E-state index in [9.17, 15) is 18.0 Å². The molecule has 21 heavy (non-hydrogen) atoms. The minimum Gasteiger partial charge on any atom is -0.294 e. The predicted octanol–water partition coefficient (Wildman–Crippen LogP) is 4.67. The maximum atomic E-state index is 13.1. The lowest BCUT2D eigenvalue weighted by atomic mass is 9.87. The summed E-state index contributed by atoms with van der Waals surface area (Å²) in [5.74, 6) is -0.00315. The van der Waals surface area contributed by atoms with Crippen molar-refractivity contribution in [3.05, 3.63) is 41.6 Å². The summed E-state index contributed by atoms with van der Waals surface area (Å²) < 4.78 is 39.2. The number of rotatable bonds is 3. The molecule has 1 heterocycles. The Kier molecular flexibility index (Phi) is 3.78. The highest BCUT2D eigenvalue weighted by atomic mass is 19.4. The zero-order valence-corrected chi connectivity index (χ0v) is 12.1. The van der Waals surface area contributed by atoms with E-state index in [1.807, 2.05) is 0 Å². The zero-order valence-electron chi connectivity index (χ0n) is 12.1. The standard InChI is InChI=1S/C16H16F3NO/c1-4-13(21)11-5-7-12-10(9-11)6-8-14(20-12)15(2,3)16(17,18)19/h5-9H,4H2,1-3H3. The number of alkyl halides is 3. The molecule has 2 aromatic rings. The third kappa shape index (κ3) is 2.77. The highest BCUT2D eigenvalue weighted by molar-refractivity contribution is 5.99. The van der Waals surface area contributed by atoms with Crippen LogP contribution in [0, 0.1) is 0 Å². The molecule has 2 rings (SSSR count). The van der Waals surface area contributed by atoms with Crippen LogP contribution in [0.5, 0.6) is 0 Å². The average molecular weight is 295 g/mol. The number of nitrogens with zero attached hydrogens (tertiary/aromatic N) is 1. The Bertz CT molecular complexity index is 689. The molecule has 112 valence electrons. The van der Waals surface area contributed by atoms with Gasteiger partial charge >= 0.3 is 6.18 Å². The second kappa shape index (κ2) is 5.13. The van der Waals surface area contributed by atoms with Crippen molar-refractivity contribution in [2.24, 2.45) is 0 Å². The van der Waals surface area contributed by atoms with E-state index < -0.39 is 11.6 Å². The van der Waals surface area contributed by atoms with Crippen LogP contribution in [0.2, 0.25) is 0 Å². The first-order valence-electron chi connectivity index (χ1n) is 6.68. The lowest BCUT2D eigenvalue weighted by molar-refractivity contribution is -0.181. The van der Waals surface area contributed by atoms with Crippen LogP contribution in [0.3, 0.4) is 0 Å². The number of hydrogen-bond donors (Lipinski definition) is 0. The van der Waals surface area contributed by atoms with Gasteiger partial charge in [0, 0.05) is 17.4 Å². The molecule has 1 aromatic heterocycles. The van der Waals surface area contributed by atoms with Gasteiger partial charge < -0.3 is 0 Å². The third-order valence-corrected chi connectivity index (χ3v) is 3.68. The van der Waals surface area contributed by atoms with E-state index >= 15 is 0 Å². The number of Topliss-reactive ketones (excluding diaryl/α,β-unsaturated/α-hetero) is 1. The highest BCUT2D eigenvalue weighted by Gasteiger charge is 2.49. The van der Waals surface area contributed by atoms with Gasteiger partial charge in [-0.25, -0.2) is 0 Å². The maximum Gasteiger partial charge on any atom is 0.399 e. The van der Waals surface area contributed by atoms with E-state index in [1.165, 1.54) is 6.07 Å². The van der Waals surface area contributed by atoms with E-state index in [0.29, 0.717) is 22.9 Å². The molecule has 0 amide bonds. The van der Waals surface area contributed by atoms with E-state index in [0.717, 1.165) is 13.8 Å². The zero-order chi connectivity index (χ0) is 15.8. The van der Waals surface area contributed by atoms with Gasteiger partial charge in [-0.3, -0.25) is 9.78 Å². The molecule has 2 nitrogen and oxygen atoms in total. The number of halogens is 3. The number of carbonyl (C=O) groups is 1. The molecule has 0 atom stereocenters. The molecule has 0 radical (unpaired) electrons. The molecule has 0 bridgehead atoms. The minimum atomic E-state index is -4.37. The Hall–Kier alpha value is -1.91. The number of carbonyl (C=O) groups excluding carboxylic acids is 1. The van der Waals surface area contributed by atoms with Gasteiger partial charge in [0.1, 0.15) is 5.41 Å². The normalized spacial score (nSPS) is 12.7. The van der Waals surface area contributed by atoms with Gasteiger partial charge in [-0.1, -0.05) is 13.0 Å². The van der Waals surface area contributed by atoms with Crippen LogP contribution in [0.25, 0.3) is 10.9 Å². The summed E-state index contributed by atoms with van der Waals surface area (Å²) in [6.45, 7) is 3.98. The summed E-state index contributed by atoms with van der Waals surface area (Å²) in [5, 5.41) is 0.663. The summed E-state index contributed by atoms with van der Waals surface area (Å²) in [4.78, 5) is 15.8. The van der Waals surface area contributed by atoms with Gasteiger partial charge in [-0.15, -0.1) is 0 Å². The van der Waals surface area contributed by atoms with Gasteiger partial charge in [0.25, 0.3) is 0 Å². The van der Waals surface area contributed by atoms with Crippen LogP contribution in [-0.4, -0.2) is 16.9 Å². The number of ketones is 1.